The van der Waals surface area contributed by atoms with Gasteiger partial charge in [-0.25, -0.2) is 0 Å². The second-order valence-electron chi connectivity index (χ2n) is 5.25. The molecule has 0 bridgehead atoms. The van der Waals surface area contributed by atoms with E-state index in [1.54, 1.807) is 0 Å². The lowest BCUT2D eigenvalue weighted by Gasteiger charge is -2.10. The number of pyridine rings is 1. The SMILES string of the molecule is Cc1ccc(CNc2c(C)nn(C(C)C)c2C)cn1. The Kier molecular flexibility index (Phi) is 3.88. The van der Waals surface area contributed by atoms with Crippen LogP contribution in [0.3, 0.4) is 0 Å². The van der Waals surface area contributed by atoms with E-state index in [2.05, 4.69) is 46.9 Å². The molecule has 0 atom stereocenters. The third-order valence-corrected chi connectivity index (χ3v) is 3.26. The molecule has 0 fully saturated rings. The van der Waals surface area contributed by atoms with Crippen molar-refractivity contribution in [3.63, 3.8) is 0 Å². The molecule has 0 radical (unpaired) electrons. The van der Waals surface area contributed by atoms with Gasteiger partial charge in [-0.1, -0.05) is 6.07 Å². The highest BCUT2D eigenvalue weighted by Crippen LogP contribution is 2.22. The highest BCUT2D eigenvalue weighted by Gasteiger charge is 2.12. The van der Waals surface area contributed by atoms with Crippen molar-refractivity contribution < 1.29 is 0 Å². The summed E-state index contributed by atoms with van der Waals surface area (Å²) in [7, 11) is 0. The van der Waals surface area contributed by atoms with Crippen LogP contribution >= 0.6 is 0 Å². The molecule has 0 aromatic carbocycles. The Labute approximate surface area is 114 Å². The van der Waals surface area contributed by atoms with Gasteiger partial charge in [0.15, 0.2) is 0 Å². The molecule has 1 N–H and O–H groups in total. The third-order valence-electron chi connectivity index (χ3n) is 3.26. The van der Waals surface area contributed by atoms with Crippen LogP contribution in [0, 0.1) is 20.8 Å². The minimum Gasteiger partial charge on any atom is -0.378 e. The molecule has 2 aromatic heterocycles. The van der Waals surface area contributed by atoms with Crippen molar-refractivity contribution >= 4 is 5.69 Å². The fourth-order valence-electron chi connectivity index (χ4n) is 2.22. The van der Waals surface area contributed by atoms with Crippen molar-refractivity contribution in [3.05, 3.63) is 41.0 Å². The van der Waals surface area contributed by atoms with E-state index in [-0.39, 0.29) is 0 Å². The zero-order chi connectivity index (χ0) is 14.0. The standard InChI is InChI=1S/C15H22N4/c1-10(2)19-13(5)15(12(4)18-19)17-9-14-7-6-11(3)16-8-14/h6-8,10,17H,9H2,1-5H3. The predicted octanol–water partition coefficient (Wildman–Crippen LogP) is 3.40. The van der Waals surface area contributed by atoms with Crippen molar-refractivity contribution in [1.82, 2.24) is 14.8 Å². The van der Waals surface area contributed by atoms with E-state index in [0.717, 1.165) is 23.6 Å². The quantitative estimate of drug-likeness (QED) is 0.914. The largest absolute Gasteiger partial charge is 0.378 e. The fourth-order valence-corrected chi connectivity index (χ4v) is 2.22. The van der Waals surface area contributed by atoms with Gasteiger partial charge in [0.2, 0.25) is 0 Å². The van der Waals surface area contributed by atoms with Crippen molar-refractivity contribution in [2.75, 3.05) is 5.32 Å². The van der Waals surface area contributed by atoms with Crippen molar-refractivity contribution in [2.24, 2.45) is 0 Å². The molecule has 0 saturated heterocycles. The third kappa shape index (κ3) is 2.95. The van der Waals surface area contributed by atoms with E-state index in [1.807, 2.05) is 26.1 Å². The molecule has 0 aliphatic carbocycles. The molecule has 2 aromatic rings. The second kappa shape index (κ2) is 5.43. The zero-order valence-corrected chi connectivity index (χ0v) is 12.4. The Bertz CT molecular complexity index is 552. The first kappa shape index (κ1) is 13.6. The zero-order valence-electron chi connectivity index (χ0n) is 12.4. The molecule has 102 valence electrons. The minimum absolute atomic E-state index is 0.385. The van der Waals surface area contributed by atoms with Gasteiger partial charge in [-0.3, -0.25) is 9.67 Å². The van der Waals surface area contributed by atoms with Crippen LogP contribution in [0.4, 0.5) is 5.69 Å². The monoisotopic (exact) mass is 258 g/mol. The molecule has 19 heavy (non-hydrogen) atoms. The Morgan fingerprint density at radius 1 is 1.21 bits per heavy atom. The van der Waals surface area contributed by atoms with E-state index >= 15 is 0 Å². The molecule has 0 unspecified atom stereocenters. The molecule has 4 heteroatoms. The Morgan fingerprint density at radius 2 is 1.95 bits per heavy atom. The van der Waals surface area contributed by atoms with Gasteiger partial charge in [0.05, 0.1) is 17.1 Å². The second-order valence-corrected chi connectivity index (χ2v) is 5.25. The van der Waals surface area contributed by atoms with Gasteiger partial charge < -0.3 is 5.32 Å². The highest BCUT2D eigenvalue weighted by atomic mass is 15.3. The topological polar surface area (TPSA) is 42.7 Å². The van der Waals surface area contributed by atoms with Crippen molar-refractivity contribution in [2.45, 2.75) is 47.2 Å². The summed E-state index contributed by atoms with van der Waals surface area (Å²) >= 11 is 0. The number of aromatic nitrogens is 3. The first-order chi connectivity index (χ1) is 8.99. The molecule has 0 aliphatic rings. The lowest BCUT2D eigenvalue weighted by atomic mass is 10.2. The summed E-state index contributed by atoms with van der Waals surface area (Å²) in [6.45, 7) is 11.2. The van der Waals surface area contributed by atoms with Gasteiger partial charge >= 0.3 is 0 Å². The number of anilines is 1. The lowest BCUT2D eigenvalue weighted by molar-refractivity contribution is 0.516. The van der Waals surface area contributed by atoms with E-state index in [9.17, 15) is 0 Å². The maximum Gasteiger partial charge on any atom is 0.0828 e. The molecular formula is C15H22N4. The minimum atomic E-state index is 0.385. The number of nitrogens with zero attached hydrogens (tertiary/aromatic N) is 3. The van der Waals surface area contributed by atoms with E-state index in [1.165, 1.54) is 11.3 Å². The number of aryl methyl sites for hydroxylation is 2. The molecule has 4 nitrogen and oxygen atoms in total. The van der Waals surface area contributed by atoms with Crippen LogP contribution in [0.5, 0.6) is 0 Å². The molecule has 2 rings (SSSR count). The summed E-state index contributed by atoms with van der Waals surface area (Å²) in [5, 5.41) is 8.04. The van der Waals surface area contributed by atoms with Gasteiger partial charge in [0.25, 0.3) is 0 Å². The summed E-state index contributed by atoms with van der Waals surface area (Å²) in [6.07, 6.45) is 1.92. The summed E-state index contributed by atoms with van der Waals surface area (Å²) in [4.78, 5) is 4.31. The van der Waals surface area contributed by atoms with Crippen LogP contribution in [0.15, 0.2) is 18.3 Å². The summed E-state index contributed by atoms with van der Waals surface area (Å²) < 4.78 is 2.06. The maximum atomic E-state index is 4.57. The highest BCUT2D eigenvalue weighted by molar-refractivity contribution is 5.52. The van der Waals surface area contributed by atoms with Crippen LogP contribution in [0.25, 0.3) is 0 Å². The summed E-state index contributed by atoms with van der Waals surface area (Å²) in [6, 6.07) is 4.52. The Balaban J connectivity index is 2.13. The van der Waals surface area contributed by atoms with Gasteiger partial charge in [-0.15, -0.1) is 0 Å². The average Bonchev–Trinajstić information content (AvgIpc) is 2.65. The Morgan fingerprint density at radius 3 is 2.47 bits per heavy atom. The van der Waals surface area contributed by atoms with Crippen LogP contribution in [-0.4, -0.2) is 14.8 Å². The number of hydrogen-bond acceptors (Lipinski definition) is 3. The predicted molar refractivity (Wildman–Crippen MR) is 78.4 cm³/mol. The molecule has 0 spiro atoms. The lowest BCUT2D eigenvalue weighted by Crippen LogP contribution is -2.06. The molecule has 0 saturated carbocycles. The molecule has 0 amide bonds. The van der Waals surface area contributed by atoms with Crippen LogP contribution in [0.1, 0.15) is 42.5 Å². The Hall–Kier alpha value is -1.84. The fraction of sp³-hybridized carbons (Fsp3) is 0.467. The number of hydrogen-bond donors (Lipinski definition) is 1. The van der Waals surface area contributed by atoms with E-state index in [0.29, 0.717) is 6.04 Å². The van der Waals surface area contributed by atoms with Crippen molar-refractivity contribution in [1.29, 1.82) is 0 Å². The van der Waals surface area contributed by atoms with Gasteiger partial charge in [-0.05, 0) is 46.2 Å². The molecular weight excluding hydrogens is 236 g/mol. The number of nitrogens with one attached hydrogen (secondary N) is 1. The van der Waals surface area contributed by atoms with Gasteiger partial charge in [0.1, 0.15) is 0 Å². The molecule has 0 aliphatic heterocycles. The average molecular weight is 258 g/mol. The van der Waals surface area contributed by atoms with Gasteiger partial charge in [0, 0.05) is 24.5 Å². The van der Waals surface area contributed by atoms with E-state index < -0.39 is 0 Å². The van der Waals surface area contributed by atoms with E-state index in [4.69, 9.17) is 0 Å². The van der Waals surface area contributed by atoms with Gasteiger partial charge in [-0.2, -0.15) is 5.10 Å². The maximum absolute atomic E-state index is 4.57. The van der Waals surface area contributed by atoms with Crippen LogP contribution in [-0.2, 0) is 6.54 Å². The van der Waals surface area contributed by atoms with Crippen LogP contribution < -0.4 is 5.32 Å². The smallest absolute Gasteiger partial charge is 0.0828 e. The van der Waals surface area contributed by atoms with Crippen LogP contribution in [0.2, 0.25) is 0 Å². The summed E-state index contributed by atoms with van der Waals surface area (Å²) in [5.41, 5.74) is 5.60. The normalized spacial score (nSPS) is 11.1. The first-order valence-electron chi connectivity index (χ1n) is 6.70. The summed E-state index contributed by atoms with van der Waals surface area (Å²) in [5.74, 6) is 0. The number of rotatable bonds is 4. The first-order valence-corrected chi connectivity index (χ1v) is 6.70. The molecule has 2 heterocycles. The van der Waals surface area contributed by atoms with Crippen molar-refractivity contribution in [3.8, 4) is 0 Å².